The summed E-state index contributed by atoms with van der Waals surface area (Å²) in [5, 5.41) is 18.4. The molecule has 0 saturated heterocycles. The van der Waals surface area contributed by atoms with Crippen molar-refractivity contribution >= 4 is 34.9 Å². The maximum atomic E-state index is 13.5. The molecule has 4 amide bonds. The molecule has 3 atom stereocenters. The first-order chi connectivity index (χ1) is 21.9. The molecular weight excluding hydrogens is 584 g/mol. The molecule has 11 heteroatoms. The highest BCUT2D eigenvalue weighted by molar-refractivity contribution is 6.05. The zero-order valence-electron chi connectivity index (χ0n) is 27.2. The van der Waals surface area contributed by atoms with Crippen LogP contribution in [0.5, 0.6) is 5.75 Å². The Morgan fingerprint density at radius 3 is 2.46 bits per heavy atom. The van der Waals surface area contributed by atoms with Gasteiger partial charge in [0, 0.05) is 48.4 Å². The maximum Gasteiger partial charge on any atom is 0.319 e. The lowest BCUT2D eigenvalue weighted by Crippen LogP contribution is -2.47. The number of nitrogens with one attached hydrogen (secondary N) is 3. The minimum absolute atomic E-state index is 0.0255. The number of fused-ring (bicyclic) bond motifs is 1. The number of hydrogen-bond donors (Lipinski definition) is 5. The number of anilines is 3. The minimum atomic E-state index is -0.359. The third-order valence-electron chi connectivity index (χ3n) is 7.96. The fourth-order valence-electron chi connectivity index (χ4n) is 5.40. The van der Waals surface area contributed by atoms with Gasteiger partial charge in [-0.1, -0.05) is 31.2 Å². The van der Waals surface area contributed by atoms with Crippen molar-refractivity contribution in [3.05, 3.63) is 83.4 Å². The zero-order chi connectivity index (χ0) is 33.4. The van der Waals surface area contributed by atoms with Gasteiger partial charge in [-0.3, -0.25) is 14.5 Å². The van der Waals surface area contributed by atoms with Gasteiger partial charge in [0.15, 0.2) is 0 Å². The Bertz CT molecular complexity index is 1510. The van der Waals surface area contributed by atoms with E-state index in [2.05, 4.69) is 20.9 Å². The van der Waals surface area contributed by atoms with Crippen molar-refractivity contribution in [1.82, 2.24) is 15.1 Å². The molecule has 0 radical (unpaired) electrons. The van der Waals surface area contributed by atoms with Crippen molar-refractivity contribution < 1.29 is 24.2 Å². The monoisotopic (exact) mass is 630 g/mol. The largest absolute Gasteiger partial charge is 0.488 e. The van der Waals surface area contributed by atoms with Crippen molar-refractivity contribution in [2.24, 2.45) is 5.92 Å². The summed E-state index contributed by atoms with van der Waals surface area (Å²) in [6.07, 6.45) is -0.208. The Kier molecular flexibility index (Phi) is 11.6. The molecule has 46 heavy (non-hydrogen) atoms. The topological polar surface area (TPSA) is 149 Å². The number of nitrogens with two attached hydrogens (primary N) is 1. The second-order valence-corrected chi connectivity index (χ2v) is 12.4. The van der Waals surface area contributed by atoms with Crippen LogP contribution in [0.2, 0.25) is 0 Å². The highest BCUT2D eigenvalue weighted by atomic mass is 16.5. The van der Waals surface area contributed by atoms with E-state index in [1.807, 2.05) is 59.0 Å². The van der Waals surface area contributed by atoms with Crippen molar-refractivity contribution in [3.63, 3.8) is 0 Å². The molecule has 11 nitrogen and oxygen atoms in total. The highest BCUT2D eigenvalue weighted by Gasteiger charge is 2.31. The standard InChI is InChI=1S/C35H46N6O5/c1-22(2)37-35(45)38-28-14-15-31-27(16-28)17-33(43)41(24(4)21-42)18-23(3)32(46-31)20-40(5)19-25-10-12-26(13-11-25)34(44)39-30-9-7-6-8-29(30)36/h6-16,22-24,32,42H,17-21,36H2,1-5H3,(H,39,44)(H2,37,38,45)/t23-,24+,32-/m0/s1. The molecule has 0 bridgehead atoms. The van der Waals surface area contributed by atoms with Gasteiger partial charge in [0.2, 0.25) is 5.91 Å². The quantitative estimate of drug-likeness (QED) is 0.209. The van der Waals surface area contributed by atoms with Crippen LogP contribution < -0.4 is 26.4 Å². The number of rotatable bonds is 10. The summed E-state index contributed by atoms with van der Waals surface area (Å²) in [5.41, 5.74) is 9.80. The first-order valence-corrected chi connectivity index (χ1v) is 15.6. The number of benzene rings is 3. The molecular formula is C35H46N6O5. The van der Waals surface area contributed by atoms with E-state index in [1.165, 1.54) is 0 Å². The van der Waals surface area contributed by atoms with Gasteiger partial charge in [-0.2, -0.15) is 0 Å². The van der Waals surface area contributed by atoms with E-state index in [0.717, 1.165) is 5.56 Å². The molecule has 4 rings (SSSR count). The normalized spacial score (nSPS) is 17.3. The van der Waals surface area contributed by atoms with Crippen molar-refractivity contribution in [3.8, 4) is 5.75 Å². The fourth-order valence-corrected chi connectivity index (χ4v) is 5.40. The molecule has 6 N–H and O–H groups in total. The Balaban J connectivity index is 1.49. The summed E-state index contributed by atoms with van der Waals surface area (Å²) in [7, 11) is 2.00. The number of amides is 4. The molecule has 246 valence electrons. The number of urea groups is 1. The van der Waals surface area contributed by atoms with Crippen LogP contribution in [-0.2, 0) is 17.8 Å². The molecule has 0 aliphatic carbocycles. The zero-order valence-corrected chi connectivity index (χ0v) is 27.2. The average Bonchev–Trinajstić information content (AvgIpc) is 3.05. The second-order valence-electron chi connectivity index (χ2n) is 12.4. The predicted molar refractivity (Wildman–Crippen MR) is 181 cm³/mol. The Labute approximate surface area is 271 Å². The van der Waals surface area contributed by atoms with E-state index in [-0.39, 0.29) is 55.0 Å². The van der Waals surface area contributed by atoms with Crippen LogP contribution in [0.15, 0.2) is 66.7 Å². The van der Waals surface area contributed by atoms with Crippen LogP contribution in [0.4, 0.5) is 21.9 Å². The lowest BCUT2D eigenvalue weighted by molar-refractivity contribution is -0.134. The first-order valence-electron chi connectivity index (χ1n) is 15.6. The second kappa shape index (κ2) is 15.6. The van der Waals surface area contributed by atoms with Gasteiger partial charge in [0.1, 0.15) is 11.9 Å². The summed E-state index contributed by atoms with van der Waals surface area (Å²) in [6, 6.07) is 19.2. The molecule has 1 aliphatic rings. The molecule has 0 unspecified atom stereocenters. The van der Waals surface area contributed by atoms with Crippen LogP contribution >= 0.6 is 0 Å². The molecule has 3 aromatic carbocycles. The number of aliphatic hydroxyl groups is 1. The van der Waals surface area contributed by atoms with E-state index in [1.54, 1.807) is 47.4 Å². The van der Waals surface area contributed by atoms with Gasteiger partial charge in [-0.15, -0.1) is 0 Å². The Hall–Kier alpha value is -4.61. The third kappa shape index (κ3) is 9.21. The minimum Gasteiger partial charge on any atom is -0.488 e. The average molecular weight is 631 g/mol. The van der Waals surface area contributed by atoms with E-state index in [4.69, 9.17) is 10.5 Å². The van der Waals surface area contributed by atoms with Crippen LogP contribution in [-0.4, -0.2) is 77.7 Å². The summed E-state index contributed by atoms with van der Waals surface area (Å²) >= 11 is 0. The smallest absolute Gasteiger partial charge is 0.319 e. The number of hydrogen-bond acceptors (Lipinski definition) is 7. The highest BCUT2D eigenvalue weighted by Crippen LogP contribution is 2.29. The third-order valence-corrected chi connectivity index (χ3v) is 7.96. The fraction of sp³-hybridized carbons (Fsp3) is 0.400. The number of ether oxygens (including phenoxy) is 1. The van der Waals surface area contributed by atoms with E-state index in [9.17, 15) is 19.5 Å². The van der Waals surface area contributed by atoms with Gasteiger partial charge < -0.3 is 36.4 Å². The van der Waals surface area contributed by atoms with Gasteiger partial charge in [-0.25, -0.2) is 4.79 Å². The molecule has 0 aromatic heterocycles. The Morgan fingerprint density at radius 2 is 1.78 bits per heavy atom. The lowest BCUT2D eigenvalue weighted by Gasteiger charge is -2.34. The van der Waals surface area contributed by atoms with Crippen LogP contribution in [0, 0.1) is 5.92 Å². The lowest BCUT2D eigenvalue weighted by atomic mass is 10.0. The maximum absolute atomic E-state index is 13.5. The summed E-state index contributed by atoms with van der Waals surface area (Å²) in [5.74, 6) is 0.174. The molecule has 1 heterocycles. The number of nitrogens with zero attached hydrogens (tertiary/aromatic N) is 2. The van der Waals surface area contributed by atoms with Crippen molar-refractivity contribution in [2.45, 2.75) is 58.8 Å². The van der Waals surface area contributed by atoms with E-state index >= 15 is 0 Å². The molecule has 0 spiro atoms. The van der Waals surface area contributed by atoms with E-state index in [0.29, 0.717) is 53.6 Å². The molecule has 0 saturated carbocycles. The Morgan fingerprint density at radius 1 is 1.07 bits per heavy atom. The number of nitrogen functional groups attached to an aromatic ring is 1. The van der Waals surface area contributed by atoms with E-state index < -0.39 is 0 Å². The van der Waals surface area contributed by atoms with Gasteiger partial charge in [0.25, 0.3) is 5.91 Å². The SMILES string of the molecule is CC(C)NC(=O)Nc1ccc2c(c1)CC(=O)N([C@H](C)CO)C[C@H](C)[C@H](CN(C)Cc1ccc(C(=O)Nc3ccccc3N)cc1)O2. The molecule has 3 aromatic rings. The van der Waals surface area contributed by atoms with Crippen LogP contribution in [0.25, 0.3) is 0 Å². The predicted octanol–water partition coefficient (Wildman–Crippen LogP) is 4.33. The van der Waals surface area contributed by atoms with Gasteiger partial charge >= 0.3 is 6.03 Å². The number of likely N-dealkylation sites (N-methyl/N-ethyl adjacent to an activating group) is 1. The van der Waals surface area contributed by atoms with Gasteiger partial charge in [0.05, 0.1) is 30.4 Å². The summed E-state index contributed by atoms with van der Waals surface area (Å²) < 4.78 is 6.61. The van der Waals surface area contributed by atoms with Crippen LogP contribution in [0.1, 0.15) is 49.2 Å². The van der Waals surface area contributed by atoms with Gasteiger partial charge in [-0.05, 0) is 75.8 Å². The van der Waals surface area contributed by atoms with Crippen molar-refractivity contribution in [2.75, 3.05) is 43.1 Å². The molecule has 0 fully saturated rings. The van der Waals surface area contributed by atoms with Crippen LogP contribution in [0.3, 0.4) is 0 Å². The molecule has 1 aliphatic heterocycles. The number of carbonyl (C=O) groups excluding carboxylic acids is 3. The summed E-state index contributed by atoms with van der Waals surface area (Å²) in [4.78, 5) is 42.4. The number of aliphatic hydroxyl groups excluding tert-OH is 1. The number of para-hydroxylation sites is 2. The first kappa shape index (κ1) is 34.3. The number of carbonyl (C=O) groups is 3. The van der Waals surface area contributed by atoms with Crippen molar-refractivity contribution in [1.29, 1.82) is 0 Å². The summed E-state index contributed by atoms with van der Waals surface area (Å²) in [6.45, 7) is 9.07.